The van der Waals surface area contributed by atoms with E-state index in [1.54, 1.807) is 6.20 Å². The Balaban J connectivity index is 1.90. The highest BCUT2D eigenvalue weighted by molar-refractivity contribution is 7.19. The van der Waals surface area contributed by atoms with E-state index < -0.39 is 11.7 Å². The molecule has 118 valence electrons. The second kappa shape index (κ2) is 6.10. The lowest BCUT2D eigenvalue weighted by atomic mass is 10.2. The standard InChI is InChI=1S/C15H12ClFN4OS/c1-8-12(13-18-6-7-21(13)2)23-15(19-8)20-14(22)11-9(16)4-3-5-10(11)17/h3-7H,1-2H3,(H,19,20,22). The van der Waals surface area contributed by atoms with Crippen LogP contribution in [0.25, 0.3) is 10.7 Å². The lowest BCUT2D eigenvalue weighted by Gasteiger charge is -2.04. The number of carbonyl (C=O) groups excluding carboxylic acids is 1. The summed E-state index contributed by atoms with van der Waals surface area (Å²) in [6, 6.07) is 4.10. The Morgan fingerprint density at radius 3 is 2.87 bits per heavy atom. The van der Waals surface area contributed by atoms with Crippen molar-refractivity contribution in [3.8, 4) is 10.7 Å². The molecule has 8 heteroatoms. The van der Waals surface area contributed by atoms with Crippen LogP contribution >= 0.6 is 22.9 Å². The Bertz CT molecular complexity index is 869. The number of aryl methyl sites for hydroxylation is 2. The summed E-state index contributed by atoms with van der Waals surface area (Å²) >= 11 is 7.17. The van der Waals surface area contributed by atoms with Crippen molar-refractivity contribution in [3.05, 3.63) is 52.7 Å². The number of aromatic nitrogens is 3. The van der Waals surface area contributed by atoms with Crippen molar-refractivity contribution in [2.75, 3.05) is 5.32 Å². The van der Waals surface area contributed by atoms with Crippen molar-refractivity contribution >= 4 is 34.0 Å². The molecule has 0 saturated heterocycles. The van der Waals surface area contributed by atoms with Gasteiger partial charge in [0.2, 0.25) is 0 Å². The number of carbonyl (C=O) groups is 1. The number of halogens is 2. The first-order valence-corrected chi connectivity index (χ1v) is 7.87. The average Bonchev–Trinajstić information content (AvgIpc) is 3.04. The molecule has 0 saturated carbocycles. The molecule has 0 bridgehead atoms. The van der Waals surface area contributed by atoms with Crippen LogP contribution in [0.2, 0.25) is 5.02 Å². The van der Waals surface area contributed by atoms with E-state index in [1.807, 2.05) is 24.7 Å². The number of hydrogen-bond donors (Lipinski definition) is 1. The summed E-state index contributed by atoms with van der Waals surface area (Å²) in [5.74, 6) is -0.551. The van der Waals surface area contributed by atoms with E-state index in [1.165, 1.54) is 29.5 Å². The molecule has 1 amide bonds. The molecule has 0 unspecified atom stereocenters. The molecule has 2 aromatic heterocycles. The van der Waals surface area contributed by atoms with Gasteiger partial charge in [-0.2, -0.15) is 0 Å². The minimum Gasteiger partial charge on any atom is -0.333 e. The number of thiazole rings is 1. The summed E-state index contributed by atoms with van der Waals surface area (Å²) in [6.07, 6.45) is 3.51. The zero-order valence-corrected chi connectivity index (χ0v) is 13.9. The highest BCUT2D eigenvalue weighted by Crippen LogP contribution is 2.32. The van der Waals surface area contributed by atoms with Crippen LogP contribution in [0.5, 0.6) is 0 Å². The fourth-order valence-electron chi connectivity index (χ4n) is 2.12. The molecule has 0 fully saturated rings. The molecule has 0 spiro atoms. The predicted molar refractivity (Wildman–Crippen MR) is 88.4 cm³/mol. The minimum atomic E-state index is -0.674. The van der Waals surface area contributed by atoms with Crippen molar-refractivity contribution in [1.82, 2.24) is 14.5 Å². The maximum absolute atomic E-state index is 13.8. The summed E-state index contributed by atoms with van der Waals surface area (Å²) in [5, 5.41) is 3.01. The molecule has 0 aliphatic rings. The molecular formula is C15H12ClFN4OS. The van der Waals surface area contributed by atoms with Crippen molar-refractivity contribution in [2.24, 2.45) is 7.05 Å². The topological polar surface area (TPSA) is 59.8 Å². The van der Waals surface area contributed by atoms with E-state index in [0.717, 1.165) is 16.4 Å². The van der Waals surface area contributed by atoms with Gasteiger partial charge in [-0.25, -0.2) is 14.4 Å². The van der Waals surface area contributed by atoms with E-state index in [2.05, 4.69) is 15.3 Å². The number of nitrogens with one attached hydrogen (secondary N) is 1. The third kappa shape index (κ3) is 2.97. The van der Waals surface area contributed by atoms with Crippen molar-refractivity contribution in [3.63, 3.8) is 0 Å². The fraction of sp³-hybridized carbons (Fsp3) is 0.133. The first-order chi connectivity index (χ1) is 11.0. The maximum atomic E-state index is 13.8. The number of benzene rings is 1. The van der Waals surface area contributed by atoms with Gasteiger partial charge in [0.1, 0.15) is 5.82 Å². The normalized spacial score (nSPS) is 10.8. The Hall–Kier alpha value is -2.25. The van der Waals surface area contributed by atoms with Crippen LogP contribution in [0.3, 0.4) is 0 Å². The van der Waals surface area contributed by atoms with Crippen LogP contribution in [0.1, 0.15) is 16.1 Å². The van der Waals surface area contributed by atoms with Gasteiger partial charge >= 0.3 is 0 Å². The Labute approximate surface area is 140 Å². The van der Waals surface area contributed by atoms with E-state index in [-0.39, 0.29) is 10.6 Å². The average molecular weight is 351 g/mol. The second-order valence-corrected chi connectivity index (χ2v) is 6.25. The van der Waals surface area contributed by atoms with Gasteiger partial charge in [0.15, 0.2) is 11.0 Å². The summed E-state index contributed by atoms with van der Waals surface area (Å²) in [6.45, 7) is 1.83. The van der Waals surface area contributed by atoms with Crippen LogP contribution in [0.15, 0.2) is 30.6 Å². The summed E-state index contributed by atoms with van der Waals surface area (Å²) < 4.78 is 15.6. The van der Waals surface area contributed by atoms with Crippen molar-refractivity contribution < 1.29 is 9.18 Å². The zero-order valence-electron chi connectivity index (χ0n) is 12.3. The molecule has 2 heterocycles. The summed E-state index contributed by atoms with van der Waals surface area (Å²) in [7, 11) is 1.87. The first kappa shape index (κ1) is 15.6. The molecule has 0 aliphatic heterocycles. The number of anilines is 1. The van der Waals surface area contributed by atoms with E-state index in [0.29, 0.717) is 5.13 Å². The molecule has 3 aromatic rings. The summed E-state index contributed by atoms with van der Waals surface area (Å²) in [4.78, 5) is 21.6. The molecule has 0 atom stereocenters. The third-order valence-corrected chi connectivity index (χ3v) is 4.61. The SMILES string of the molecule is Cc1nc(NC(=O)c2c(F)cccc2Cl)sc1-c1nccn1C. The smallest absolute Gasteiger partial charge is 0.261 e. The number of imidazole rings is 1. The number of rotatable bonds is 3. The highest BCUT2D eigenvalue weighted by atomic mass is 35.5. The molecule has 3 rings (SSSR count). The van der Waals surface area contributed by atoms with Gasteiger partial charge in [0, 0.05) is 19.4 Å². The van der Waals surface area contributed by atoms with E-state index in [9.17, 15) is 9.18 Å². The lowest BCUT2D eigenvalue weighted by molar-refractivity contribution is 0.102. The van der Waals surface area contributed by atoms with Crippen LogP contribution < -0.4 is 5.32 Å². The van der Waals surface area contributed by atoms with Gasteiger partial charge in [0.05, 0.1) is 21.2 Å². The van der Waals surface area contributed by atoms with Gasteiger partial charge < -0.3 is 4.57 Å². The summed E-state index contributed by atoms with van der Waals surface area (Å²) in [5.41, 5.74) is 0.541. The van der Waals surface area contributed by atoms with Gasteiger partial charge in [-0.1, -0.05) is 29.0 Å². The predicted octanol–water partition coefficient (Wildman–Crippen LogP) is 3.90. The van der Waals surface area contributed by atoms with Crippen molar-refractivity contribution in [2.45, 2.75) is 6.92 Å². The molecule has 0 radical (unpaired) electrons. The van der Waals surface area contributed by atoms with E-state index in [4.69, 9.17) is 11.6 Å². The van der Waals surface area contributed by atoms with Crippen LogP contribution in [-0.4, -0.2) is 20.4 Å². The van der Waals surface area contributed by atoms with Crippen LogP contribution in [0, 0.1) is 12.7 Å². The third-order valence-electron chi connectivity index (χ3n) is 3.23. The minimum absolute atomic E-state index is 0.0557. The fourth-order valence-corrected chi connectivity index (χ4v) is 3.37. The second-order valence-electron chi connectivity index (χ2n) is 4.85. The Morgan fingerprint density at radius 1 is 1.43 bits per heavy atom. The van der Waals surface area contributed by atoms with Crippen LogP contribution in [-0.2, 0) is 7.05 Å². The maximum Gasteiger partial charge on any atom is 0.261 e. The highest BCUT2D eigenvalue weighted by Gasteiger charge is 2.19. The zero-order chi connectivity index (χ0) is 16.6. The molecular weight excluding hydrogens is 339 g/mol. The van der Waals surface area contributed by atoms with Gasteiger partial charge in [0.25, 0.3) is 5.91 Å². The first-order valence-electron chi connectivity index (χ1n) is 6.68. The molecule has 5 nitrogen and oxygen atoms in total. The Kier molecular flexibility index (Phi) is 4.14. The van der Waals surface area contributed by atoms with E-state index >= 15 is 0 Å². The van der Waals surface area contributed by atoms with Crippen molar-refractivity contribution in [1.29, 1.82) is 0 Å². The molecule has 1 N–H and O–H groups in total. The van der Waals surface area contributed by atoms with Crippen LogP contribution in [0.4, 0.5) is 9.52 Å². The molecule has 23 heavy (non-hydrogen) atoms. The Morgan fingerprint density at radius 2 is 2.22 bits per heavy atom. The number of nitrogens with zero attached hydrogens (tertiary/aromatic N) is 3. The molecule has 0 aliphatic carbocycles. The number of amides is 1. The lowest BCUT2D eigenvalue weighted by Crippen LogP contribution is -2.14. The quantitative estimate of drug-likeness (QED) is 0.779. The van der Waals surface area contributed by atoms with Gasteiger partial charge in [-0.3, -0.25) is 10.1 Å². The van der Waals surface area contributed by atoms with Gasteiger partial charge in [-0.15, -0.1) is 0 Å². The monoisotopic (exact) mass is 350 g/mol. The molecule has 1 aromatic carbocycles. The number of hydrogen-bond acceptors (Lipinski definition) is 4. The van der Waals surface area contributed by atoms with Gasteiger partial charge in [-0.05, 0) is 19.1 Å². The largest absolute Gasteiger partial charge is 0.333 e.